The first-order valence-corrected chi connectivity index (χ1v) is 11.7. The van der Waals surface area contributed by atoms with Crippen LogP contribution in [0.25, 0.3) is 11.3 Å². The van der Waals surface area contributed by atoms with Gasteiger partial charge in [-0.05, 0) is 52.2 Å². The summed E-state index contributed by atoms with van der Waals surface area (Å²) in [5.74, 6) is 2.02. The number of carbonyl (C=O) groups excluding carboxylic acids is 1. The number of ether oxygens (including phenoxy) is 2. The highest BCUT2D eigenvalue weighted by molar-refractivity contribution is 5.69. The summed E-state index contributed by atoms with van der Waals surface area (Å²) >= 11 is 0. The summed E-state index contributed by atoms with van der Waals surface area (Å²) in [5.41, 5.74) is 2.08. The van der Waals surface area contributed by atoms with Crippen LogP contribution in [0.15, 0.2) is 60.7 Å². The number of rotatable bonds is 5. The van der Waals surface area contributed by atoms with Crippen molar-refractivity contribution in [2.45, 2.75) is 51.7 Å². The molecule has 0 aliphatic carbocycles. The Balaban J connectivity index is 1.72. The van der Waals surface area contributed by atoms with E-state index in [1.54, 1.807) is 12.0 Å². The van der Waals surface area contributed by atoms with Crippen LogP contribution in [0.1, 0.15) is 51.9 Å². The van der Waals surface area contributed by atoms with Gasteiger partial charge in [-0.15, -0.1) is 0 Å². The van der Waals surface area contributed by atoms with Gasteiger partial charge in [0.05, 0.1) is 18.8 Å². The molecule has 0 radical (unpaired) electrons. The molecule has 7 nitrogen and oxygen atoms in total. The third-order valence-electron chi connectivity index (χ3n) is 5.58. The van der Waals surface area contributed by atoms with Crippen molar-refractivity contribution >= 4 is 17.6 Å². The van der Waals surface area contributed by atoms with Crippen molar-refractivity contribution in [3.05, 3.63) is 66.5 Å². The third kappa shape index (κ3) is 5.84. The van der Waals surface area contributed by atoms with Crippen molar-refractivity contribution < 1.29 is 14.3 Å². The van der Waals surface area contributed by atoms with E-state index in [-0.39, 0.29) is 12.1 Å². The number of benzene rings is 2. The molecule has 1 saturated heterocycles. The summed E-state index contributed by atoms with van der Waals surface area (Å²) in [6.07, 6.45) is 2.40. The van der Waals surface area contributed by atoms with Crippen molar-refractivity contribution in [3.8, 4) is 17.0 Å². The van der Waals surface area contributed by atoms with E-state index in [1.807, 2.05) is 81.4 Å². The fraction of sp³-hybridized carbons (Fsp3) is 0.370. The average Bonchev–Trinajstić information content (AvgIpc) is 2.83. The minimum atomic E-state index is -0.565. The molecule has 1 N–H and O–H groups in total. The van der Waals surface area contributed by atoms with Gasteiger partial charge >= 0.3 is 6.09 Å². The van der Waals surface area contributed by atoms with E-state index < -0.39 is 5.60 Å². The van der Waals surface area contributed by atoms with Crippen LogP contribution in [-0.2, 0) is 4.74 Å². The average molecular weight is 461 g/mol. The molecule has 2 aromatic carbocycles. The zero-order chi connectivity index (χ0) is 24.1. The standard InChI is InChI=1S/C27H32N4O3/c1-27(2,3)34-26(32)31-16-9-8-15-23(31)25-29-22(19-11-6-5-7-12-19)18-24(30-25)28-20-13-10-14-21(17-20)33-4/h5-7,10-14,17-18,23H,8-9,15-16H2,1-4H3,(H,28,29,30). The van der Waals surface area contributed by atoms with Crippen molar-refractivity contribution in [2.75, 3.05) is 19.0 Å². The number of hydrogen-bond acceptors (Lipinski definition) is 6. The van der Waals surface area contributed by atoms with Gasteiger partial charge in [-0.1, -0.05) is 36.4 Å². The zero-order valence-electron chi connectivity index (χ0n) is 20.2. The maximum atomic E-state index is 13.0. The minimum Gasteiger partial charge on any atom is -0.497 e. The molecule has 0 spiro atoms. The number of piperidine rings is 1. The Kier molecular flexibility index (Phi) is 7.01. The molecule has 178 valence electrons. The first-order chi connectivity index (χ1) is 16.3. The van der Waals surface area contributed by atoms with Gasteiger partial charge in [0.15, 0.2) is 5.82 Å². The van der Waals surface area contributed by atoms with Gasteiger partial charge in [0.25, 0.3) is 0 Å². The van der Waals surface area contributed by atoms with Crippen molar-refractivity contribution in [1.29, 1.82) is 0 Å². The van der Waals surface area contributed by atoms with Crippen LogP contribution >= 0.6 is 0 Å². The van der Waals surface area contributed by atoms with E-state index >= 15 is 0 Å². The maximum Gasteiger partial charge on any atom is 0.410 e. The number of methoxy groups -OCH3 is 1. The normalized spacial score (nSPS) is 16.1. The number of anilines is 2. The van der Waals surface area contributed by atoms with E-state index in [4.69, 9.17) is 19.4 Å². The van der Waals surface area contributed by atoms with Gasteiger partial charge in [-0.3, -0.25) is 4.90 Å². The lowest BCUT2D eigenvalue weighted by Gasteiger charge is -2.36. The molecular formula is C27H32N4O3. The summed E-state index contributed by atoms with van der Waals surface area (Å²) in [6.45, 7) is 6.27. The smallest absolute Gasteiger partial charge is 0.410 e. The molecule has 0 saturated carbocycles. The topological polar surface area (TPSA) is 76.6 Å². The second-order valence-corrected chi connectivity index (χ2v) is 9.40. The Morgan fingerprint density at radius 2 is 1.82 bits per heavy atom. The van der Waals surface area contributed by atoms with Crippen LogP contribution < -0.4 is 10.1 Å². The van der Waals surface area contributed by atoms with Crippen LogP contribution in [0.4, 0.5) is 16.3 Å². The molecule has 1 aromatic heterocycles. The molecule has 2 heterocycles. The van der Waals surface area contributed by atoms with Gasteiger partial charge < -0.3 is 14.8 Å². The maximum absolute atomic E-state index is 13.0. The fourth-order valence-electron chi connectivity index (χ4n) is 4.02. The van der Waals surface area contributed by atoms with E-state index in [2.05, 4.69) is 5.32 Å². The number of nitrogens with one attached hydrogen (secondary N) is 1. The fourth-order valence-corrected chi connectivity index (χ4v) is 4.02. The molecule has 1 aliphatic heterocycles. The number of aromatic nitrogens is 2. The number of amides is 1. The second kappa shape index (κ2) is 10.1. The predicted molar refractivity (Wildman–Crippen MR) is 133 cm³/mol. The molecular weight excluding hydrogens is 428 g/mol. The Morgan fingerprint density at radius 3 is 2.56 bits per heavy atom. The molecule has 3 aromatic rings. The predicted octanol–water partition coefficient (Wildman–Crippen LogP) is 6.36. The summed E-state index contributed by atoms with van der Waals surface area (Å²) in [7, 11) is 1.64. The largest absolute Gasteiger partial charge is 0.497 e. The summed E-state index contributed by atoms with van der Waals surface area (Å²) in [4.78, 5) is 24.5. The lowest BCUT2D eigenvalue weighted by atomic mass is 10.0. The molecule has 1 amide bonds. The monoisotopic (exact) mass is 460 g/mol. The van der Waals surface area contributed by atoms with Crippen molar-refractivity contribution in [3.63, 3.8) is 0 Å². The third-order valence-corrected chi connectivity index (χ3v) is 5.58. The molecule has 0 bridgehead atoms. The SMILES string of the molecule is COc1cccc(Nc2cc(-c3ccccc3)nc(C3CCCCN3C(=O)OC(C)(C)C)n2)c1. The van der Waals surface area contributed by atoms with Crippen LogP contribution in [0, 0.1) is 0 Å². The molecule has 34 heavy (non-hydrogen) atoms. The summed E-state index contributed by atoms with van der Waals surface area (Å²) in [5, 5.41) is 3.38. The van der Waals surface area contributed by atoms with Crippen LogP contribution in [0.5, 0.6) is 5.75 Å². The minimum absolute atomic E-state index is 0.252. The Morgan fingerprint density at radius 1 is 1.03 bits per heavy atom. The van der Waals surface area contributed by atoms with E-state index in [0.29, 0.717) is 18.2 Å². The molecule has 4 rings (SSSR count). The van der Waals surface area contributed by atoms with Gasteiger partial charge in [0, 0.05) is 29.9 Å². The highest BCUT2D eigenvalue weighted by Crippen LogP contribution is 2.33. The summed E-state index contributed by atoms with van der Waals surface area (Å²) < 4.78 is 11.1. The number of nitrogens with zero attached hydrogens (tertiary/aromatic N) is 3. The lowest BCUT2D eigenvalue weighted by molar-refractivity contribution is 0.00846. The zero-order valence-corrected chi connectivity index (χ0v) is 20.2. The van der Waals surface area contributed by atoms with Crippen LogP contribution in [0.3, 0.4) is 0 Å². The molecule has 1 fully saturated rings. The number of carbonyl (C=O) groups is 1. The van der Waals surface area contributed by atoms with Crippen LogP contribution in [0.2, 0.25) is 0 Å². The van der Waals surface area contributed by atoms with Gasteiger partial charge in [-0.25, -0.2) is 14.8 Å². The van der Waals surface area contributed by atoms with Crippen molar-refractivity contribution in [1.82, 2.24) is 14.9 Å². The Hall–Kier alpha value is -3.61. The molecule has 1 atom stereocenters. The first-order valence-electron chi connectivity index (χ1n) is 11.7. The molecule has 1 aliphatic rings. The quantitative estimate of drug-likeness (QED) is 0.478. The Labute approximate surface area is 201 Å². The van der Waals surface area contributed by atoms with E-state index in [0.717, 1.165) is 42.0 Å². The van der Waals surface area contributed by atoms with E-state index in [9.17, 15) is 4.79 Å². The molecule has 1 unspecified atom stereocenters. The molecule has 7 heteroatoms. The number of hydrogen-bond donors (Lipinski definition) is 1. The second-order valence-electron chi connectivity index (χ2n) is 9.40. The number of likely N-dealkylation sites (tertiary alicyclic amines) is 1. The lowest BCUT2D eigenvalue weighted by Crippen LogP contribution is -2.42. The van der Waals surface area contributed by atoms with Gasteiger partial charge in [0.1, 0.15) is 17.2 Å². The highest BCUT2D eigenvalue weighted by atomic mass is 16.6. The van der Waals surface area contributed by atoms with Crippen molar-refractivity contribution in [2.24, 2.45) is 0 Å². The van der Waals surface area contributed by atoms with Crippen LogP contribution in [-0.4, -0.2) is 40.2 Å². The van der Waals surface area contributed by atoms with E-state index in [1.165, 1.54) is 0 Å². The van der Waals surface area contributed by atoms with Gasteiger partial charge in [0.2, 0.25) is 0 Å². The highest BCUT2D eigenvalue weighted by Gasteiger charge is 2.33. The Bertz CT molecular complexity index is 1130. The van der Waals surface area contributed by atoms with Gasteiger partial charge in [-0.2, -0.15) is 0 Å². The first kappa shape index (κ1) is 23.5. The summed E-state index contributed by atoms with van der Waals surface area (Å²) in [6, 6.07) is 19.4.